The molecule has 0 spiro atoms. The first-order valence-electron chi connectivity index (χ1n) is 5.15. The van der Waals surface area contributed by atoms with Crippen LogP contribution in [0, 0.1) is 0 Å². The molecule has 17 heavy (non-hydrogen) atoms. The van der Waals surface area contributed by atoms with Gasteiger partial charge in [-0.1, -0.05) is 6.07 Å². The van der Waals surface area contributed by atoms with Crippen LogP contribution in [-0.4, -0.2) is 12.1 Å². The standard InChI is InChI=1S/C13H12BrNO2/c1-16-11-3-2-4-12(7-11)17-9-10-5-6-15-8-13(10)14/h2-8H,9H2,1H3. The molecule has 0 N–H and O–H groups in total. The third-order valence-corrected chi connectivity index (χ3v) is 3.01. The van der Waals surface area contributed by atoms with E-state index in [4.69, 9.17) is 9.47 Å². The van der Waals surface area contributed by atoms with Gasteiger partial charge in [-0.05, 0) is 34.1 Å². The summed E-state index contributed by atoms with van der Waals surface area (Å²) in [5.41, 5.74) is 1.06. The van der Waals surface area contributed by atoms with Crippen molar-refractivity contribution in [3.63, 3.8) is 0 Å². The van der Waals surface area contributed by atoms with Gasteiger partial charge in [-0.15, -0.1) is 0 Å². The predicted octanol–water partition coefficient (Wildman–Crippen LogP) is 3.43. The fourth-order valence-corrected chi connectivity index (χ4v) is 1.74. The Morgan fingerprint density at radius 2 is 2.06 bits per heavy atom. The fraction of sp³-hybridized carbons (Fsp3) is 0.154. The lowest BCUT2D eigenvalue weighted by atomic mass is 10.3. The highest BCUT2D eigenvalue weighted by Gasteiger charge is 2.01. The highest BCUT2D eigenvalue weighted by atomic mass is 79.9. The van der Waals surface area contributed by atoms with E-state index in [2.05, 4.69) is 20.9 Å². The lowest BCUT2D eigenvalue weighted by molar-refractivity contribution is 0.303. The van der Waals surface area contributed by atoms with Crippen molar-refractivity contribution in [1.29, 1.82) is 0 Å². The van der Waals surface area contributed by atoms with E-state index in [0.717, 1.165) is 21.5 Å². The molecule has 1 aromatic heterocycles. The molecule has 0 amide bonds. The van der Waals surface area contributed by atoms with Gasteiger partial charge in [0.1, 0.15) is 18.1 Å². The number of pyridine rings is 1. The second-order valence-electron chi connectivity index (χ2n) is 3.43. The van der Waals surface area contributed by atoms with E-state index < -0.39 is 0 Å². The van der Waals surface area contributed by atoms with E-state index in [0.29, 0.717) is 6.61 Å². The number of aromatic nitrogens is 1. The van der Waals surface area contributed by atoms with Crippen LogP contribution in [0.15, 0.2) is 47.2 Å². The van der Waals surface area contributed by atoms with E-state index in [1.165, 1.54) is 0 Å². The molecular formula is C13H12BrNO2. The lowest BCUT2D eigenvalue weighted by Crippen LogP contribution is -1.97. The van der Waals surface area contributed by atoms with Gasteiger partial charge >= 0.3 is 0 Å². The molecule has 3 nitrogen and oxygen atoms in total. The van der Waals surface area contributed by atoms with Gasteiger partial charge in [-0.25, -0.2) is 0 Å². The Labute approximate surface area is 109 Å². The number of methoxy groups -OCH3 is 1. The van der Waals surface area contributed by atoms with E-state index in [1.807, 2.05) is 30.3 Å². The second-order valence-corrected chi connectivity index (χ2v) is 4.29. The summed E-state index contributed by atoms with van der Waals surface area (Å²) in [4.78, 5) is 4.00. The smallest absolute Gasteiger partial charge is 0.123 e. The topological polar surface area (TPSA) is 31.4 Å². The van der Waals surface area contributed by atoms with Crippen molar-refractivity contribution in [1.82, 2.24) is 4.98 Å². The Balaban J connectivity index is 2.05. The molecule has 0 atom stereocenters. The molecule has 0 radical (unpaired) electrons. The fourth-order valence-electron chi connectivity index (χ4n) is 1.37. The number of hydrogen-bond acceptors (Lipinski definition) is 3. The Morgan fingerprint density at radius 3 is 2.82 bits per heavy atom. The molecule has 0 saturated heterocycles. The second kappa shape index (κ2) is 5.68. The van der Waals surface area contributed by atoms with Gasteiger partial charge in [0.15, 0.2) is 0 Å². The molecule has 0 aliphatic heterocycles. The normalized spacial score (nSPS) is 10.0. The van der Waals surface area contributed by atoms with Crippen LogP contribution in [0.5, 0.6) is 11.5 Å². The van der Waals surface area contributed by atoms with E-state index in [-0.39, 0.29) is 0 Å². The Hall–Kier alpha value is -1.55. The number of halogens is 1. The first-order chi connectivity index (χ1) is 8.29. The van der Waals surface area contributed by atoms with Crippen LogP contribution in [0.2, 0.25) is 0 Å². The van der Waals surface area contributed by atoms with Crippen LogP contribution < -0.4 is 9.47 Å². The van der Waals surface area contributed by atoms with Crippen molar-refractivity contribution in [2.45, 2.75) is 6.61 Å². The van der Waals surface area contributed by atoms with E-state index >= 15 is 0 Å². The Morgan fingerprint density at radius 1 is 1.24 bits per heavy atom. The van der Waals surface area contributed by atoms with Crippen LogP contribution in [-0.2, 0) is 6.61 Å². The summed E-state index contributed by atoms with van der Waals surface area (Å²) in [6.07, 6.45) is 3.50. The maximum absolute atomic E-state index is 5.68. The average molecular weight is 294 g/mol. The highest BCUT2D eigenvalue weighted by molar-refractivity contribution is 9.10. The van der Waals surface area contributed by atoms with Crippen LogP contribution in [0.3, 0.4) is 0 Å². The first kappa shape index (κ1) is 11.9. The largest absolute Gasteiger partial charge is 0.497 e. The zero-order chi connectivity index (χ0) is 12.1. The third-order valence-electron chi connectivity index (χ3n) is 2.29. The van der Waals surface area contributed by atoms with E-state index in [1.54, 1.807) is 19.5 Å². The molecule has 88 valence electrons. The van der Waals surface area contributed by atoms with Crippen LogP contribution in [0.25, 0.3) is 0 Å². The zero-order valence-corrected chi connectivity index (χ0v) is 11.0. The molecule has 1 heterocycles. The SMILES string of the molecule is COc1cccc(OCc2ccncc2Br)c1. The van der Waals surface area contributed by atoms with Crippen molar-refractivity contribution in [2.75, 3.05) is 7.11 Å². The molecule has 0 unspecified atom stereocenters. The molecule has 0 aliphatic rings. The Bertz CT molecular complexity index is 502. The maximum Gasteiger partial charge on any atom is 0.123 e. The van der Waals surface area contributed by atoms with Gasteiger partial charge in [0, 0.05) is 28.5 Å². The van der Waals surface area contributed by atoms with Gasteiger partial charge in [-0.2, -0.15) is 0 Å². The van der Waals surface area contributed by atoms with Crippen molar-refractivity contribution >= 4 is 15.9 Å². The van der Waals surface area contributed by atoms with Crippen LogP contribution >= 0.6 is 15.9 Å². The Kier molecular flexibility index (Phi) is 3.98. The molecular weight excluding hydrogens is 282 g/mol. The minimum atomic E-state index is 0.496. The molecule has 4 heteroatoms. The molecule has 2 aromatic rings. The zero-order valence-electron chi connectivity index (χ0n) is 9.39. The summed E-state index contributed by atoms with van der Waals surface area (Å²) in [5.74, 6) is 1.57. The van der Waals surface area contributed by atoms with Gasteiger partial charge < -0.3 is 9.47 Å². The van der Waals surface area contributed by atoms with Gasteiger partial charge in [-0.3, -0.25) is 4.98 Å². The van der Waals surface area contributed by atoms with Crippen LogP contribution in [0.4, 0.5) is 0 Å². The number of hydrogen-bond donors (Lipinski definition) is 0. The van der Waals surface area contributed by atoms with Gasteiger partial charge in [0.25, 0.3) is 0 Å². The van der Waals surface area contributed by atoms with Gasteiger partial charge in [0.05, 0.1) is 7.11 Å². The average Bonchev–Trinajstić information content (AvgIpc) is 2.38. The molecule has 0 saturated carbocycles. The minimum absolute atomic E-state index is 0.496. The molecule has 1 aromatic carbocycles. The van der Waals surface area contributed by atoms with Crippen molar-refractivity contribution < 1.29 is 9.47 Å². The predicted molar refractivity (Wildman–Crippen MR) is 69.3 cm³/mol. The first-order valence-corrected chi connectivity index (χ1v) is 5.94. The third kappa shape index (κ3) is 3.20. The minimum Gasteiger partial charge on any atom is -0.497 e. The number of nitrogens with zero attached hydrogens (tertiary/aromatic N) is 1. The molecule has 2 rings (SSSR count). The molecule has 0 aliphatic carbocycles. The number of benzene rings is 1. The number of rotatable bonds is 4. The molecule has 0 bridgehead atoms. The van der Waals surface area contributed by atoms with Crippen molar-refractivity contribution in [3.05, 3.63) is 52.8 Å². The summed E-state index contributed by atoms with van der Waals surface area (Å²) in [6, 6.07) is 9.46. The summed E-state index contributed by atoms with van der Waals surface area (Å²) in [5, 5.41) is 0. The summed E-state index contributed by atoms with van der Waals surface area (Å²) in [7, 11) is 1.64. The van der Waals surface area contributed by atoms with Gasteiger partial charge in [0.2, 0.25) is 0 Å². The van der Waals surface area contributed by atoms with Crippen molar-refractivity contribution in [3.8, 4) is 11.5 Å². The summed E-state index contributed by atoms with van der Waals surface area (Å²) in [6.45, 7) is 0.496. The summed E-state index contributed by atoms with van der Waals surface area (Å²) >= 11 is 3.43. The van der Waals surface area contributed by atoms with Crippen LogP contribution in [0.1, 0.15) is 5.56 Å². The maximum atomic E-state index is 5.68. The lowest BCUT2D eigenvalue weighted by Gasteiger charge is -2.08. The quantitative estimate of drug-likeness (QED) is 0.865. The number of ether oxygens (including phenoxy) is 2. The highest BCUT2D eigenvalue weighted by Crippen LogP contribution is 2.21. The van der Waals surface area contributed by atoms with Crippen molar-refractivity contribution in [2.24, 2.45) is 0 Å². The molecule has 0 fully saturated rings. The monoisotopic (exact) mass is 293 g/mol. The summed E-state index contributed by atoms with van der Waals surface area (Å²) < 4.78 is 11.8. The van der Waals surface area contributed by atoms with E-state index in [9.17, 15) is 0 Å².